The monoisotopic (exact) mass is 308 g/mol. The first-order valence-corrected chi connectivity index (χ1v) is 8.55. The first-order valence-electron chi connectivity index (χ1n) is 7.29. The second kappa shape index (κ2) is 6.00. The number of rotatable bonds is 6. The highest BCUT2D eigenvalue weighted by Crippen LogP contribution is 2.32. The molecule has 1 saturated carbocycles. The van der Waals surface area contributed by atoms with Crippen molar-refractivity contribution in [1.29, 1.82) is 0 Å². The second-order valence-corrected chi connectivity index (χ2v) is 7.63. The quantitative estimate of drug-likeness (QED) is 0.768. The van der Waals surface area contributed by atoms with E-state index in [0.29, 0.717) is 5.92 Å². The summed E-state index contributed by atoms with van der Waals surface area (Å²) in [4.78, 5) is 0. The largest absolute Gasteiger partial charge is 0.347 e. The molecule has 0 saturated heterocycles. The van der Waals surface area contributed by atoms with Gasteiger partial charge < -0.3 is 4.57 Å². The molecule has 1 aliphatic carbocycles. The molecule has 1 N–H and O–H groups in total. The molecule has 4 heteroatoms. The normalized spacial score (nSPS) is 15.4. The summed E-state index contributed by atoms with van der Waals surface area (Å²) in [5.41, 5.74) is 2.62. The number of benzene rings is 1. The fourth-order valence-electron chi connectivity index (χ4n) is 2.45. The van der Waals surface area contributed by atoms with E-state index in [-0.39, 0.29) is 0 Å². The molecule has 108 valence electrons. The number of aromatic nitrogens is 1. The minimum atomic E-state index is 0.631. The van der Waals surface area contributed by atoms with Crippen LogP contribution in [0.4, 0.5) is 0 Å². The van der Waals surface area contributed by atoms with Crippen LogP contribution in [0.1, 0.15) is 32.3 Å². The summed E-state index contributed by atoms with van der Waals surface area (Å²) in [6.07, 6.45) is 5.01. The van der Waals surface area contributed by atoms with Crippen LogP contribution in [-0.4, -0.2) is 9.82 Å². The molecule has 20 heavy (non-hydrogen) atoms. The molecule has 1 aromatic carbocycles. The van der Waals surface area contributed by atoms with Gasteiger partial charge in [-0.3, -0.25) is 4.72 Å². The Hall–Kier alpha value is -0.640. The Morgan fingerprint density at radius 3 is 2.90 bits per heavy atom. The fraction of sp³-hybridized carbons (Fsp3) is 0.500. The topological polar surface area (TPSA) is 17.0 Å². The first-order chi connectivity index (χ1) is 9.63. The van der Waals surface area contributed by atoms with Crippen molar-refractivity contribution in [2.75, 3.05) is 0 Å². The summed E-state index contributed by atoms with van der Waals surface area (Å²) in [5.74, 6) is 0.631. The maximum Gasteiger partial charge on any atom is 0.0498 e. The maximum atomic E-state index is 6.16. The molecule has 1 aliphatic rings. The Morgan fingerprint density at radius 1 is 1.40 bits per heavy atom. The molecule has 0 bridgehead atoms. The van der Waals surface area contributed by atoms with Crippen LogP contribution in [0.3, 0.4) is 0 Å². The zero-order valence-corrected chi connectivity index (χ0v) is 13.6. The van der Waals surface area contributed by atoms with Crippen LogP contribution >= 0.6 is 23.5 Å². The van der Waals surface area contributed by atoms with Gasteiger partial charge in [0.1, 0.15) is 0 Å². The molecule has 0 radical (unpaired) electrons. The zero-order chi connectivity index (χ0) is 14.1. The van der Waals surface area contributed by atoms with Gasteiger partial charge in [0.2, 0.25) is 0 Å². The van der Waals surface area contributed by atoms with Gasteiger partial charge >= 0.3 is 0 Å². The third-order valence-electron chi connectivity index (χ3n) is 3.53. The van der Waals surface area contributed by atoms with Crippen LogP contribution in [0.25, 0.3) is 10.9 Å². The van der Waals surface area contributed by atoms with Crippen molar-refractivity contribution >= 4 is 34.5 Å². The molecule has 0 unspecified atom stereocenters. The lowest BCUT2D eigenvalue weighted by Crippen LogP contribution is -2.05. The van der Waals surface area contributed by atoms with Gasteiger partial charge in [-0.05, 0) is 36.5 Å². The van der Waals surface area contributed by atoms with Crippen molar-refractivity contribution < 1.29 is 0 Å². The van der Waals surface area contributed by atoms with E-state index in [9.17, 15) is 0 Å². The number of fused-ring (bicyclic) bond motifs is 1. The minimum absolute atomic E-state index is 0.631. The zero-order valence-electron chi connectivity index (χ0n) is 12.0. The van der Waals surface area contributed by atoms with E-state index in [2.05, 4.69) is 41.5 Å². The van der Waals surface area contributed by atoms with Crippen LogP contribution in [0.15, 0.2) is 24.4 Å². The summed E-state index contributed by atoms with van der Waals surface area (Å²) in [6, 6.07) is 6.21. The van der Waals surface area contributed by atoms with Gasteiger partial charge in [0, 0.05) is 40.5 Å². The van der Waals surface area contributed by atoms with Gasteiger partial charge in [0.25, 0.3) is 0 Å². The van der Waals surface area contributed by atoms with Crippen LogP contribution < -0.4 is 4.72 Å². The van der Waals surface area contributed by atoms with Crippen molar-refractivity contribution in [2.24, 2.45) is 5.92 Å². The molecule has 3 rings (SSSR count). The van der Waals surface area contributed by atoms with Crippen LogP contribution in [0, 0.1) is 5.92 Å². The lowest BCUT2D eigenvalue weighted by Gasteiger charge is -2.08. The van der Waals surface area contributed by atoms with Gasteiger partial charge in [-0.25, -0.2) is 0 Å². The Labute approximate surface area is 130 Å². The van der Waals surface area contributed by atoms with E-state index < -0.39 is 0 Å². The number of nitrogens with zero attached hydrogens (tertiary/aromatic N) is 1. The molecule has 0 spiro atoms. The van der Waals surface area contributed by atoms with Crippen molar-refractivity contribution in [2.45, 2.75) is 45.0 Å². The molecular formula is C16H21ClN2S. The van der Waals surface area contributed by atoms with Crippen molar-refractivity contribution in [3.8, 4) is 0 Å². The van der Waals surface area contributed by atoms with E-state index >= 15 is 0 Å². The lowest BCUT2D eigenvalue weighted by atomic mass is 10.2. The molecule has 0 aliphatic heterocycles. The maximum absolute atomic E-state index is 6.16. The van der Waals surface area contributed by atoms with Gasteiger partial charge in [0.05, 0.1) is 0 Å². The van der Waals surface area contributed by atoms with Crippen molar-refractivity contribution in [3.63, 3.8) is 0 Å². The van der Waals surface area contributed by atoms with Crippen molar-refractivity contribution in [3.05, 3.63) is 35.0 Å². The molecule has 0 atom stereocenters. The van der Waals surface area contributed by atoms with Gasteiger partial charge in [0.15, 0.2) is 0 Å². The average Bonchev–Trinajstić information content (AvgIpc) is 3.15. The third kappa shape index (κ3) is 3.33. The standard InChI is InChI=1S/C16H21ClN2S/c1-11(2)9-19-10-12(8-18-20-14-4-5-14)15-6-3-13(17)7-16(15)19/h3,6-7,10-11,14,18H,4-5,8-9H2,1-2H3. The molecule has 1 heterocycles. The average molecular weight is 309 g/mol. The van der Waals surface area contributed by atoms with E-state index in [4.69, 9.17) is 11.6 Å². The van der Waals surface area contributed by atoms with Crippen molar-refractivity contribution in [1.82, 2.24) is 9.29 Å². The van der Waals surface area contributed by atoms with E-state index in [1.165, 1.54) is 29.3 Å². The first kappa shape index (κ1) is 14.3. The second-order valence-electron chi connectivity index (χ2n) is 6.00. The van der Waals surface area contributed by atoms with E-state index in [0.717, 1.165) is 23.4 Å². The molecule has 1 aromatic heterocycles. The smallest absolute Gasteiger partial charge is 0.0498 e. The number of hydrogen-bond donors (Lipinski definition) is 1. The summed E-state index contributed by atoms with van der Waals surface area (Å²) < 4.78 is 5.85. The molecule has 0 amide bonds. The number of nitrogens with one attached hydrogen (secondary N) is 1. The Bertz CT molecular complexity index is 602. The van der Waals surface area contributed by atoms with Crippen LogP contribution in [0.5, 0.6) is 0 Å². The highest BCUT2D eigenvalue weighted by Gasteiger charge is 2.21. The van der Waals surface area contributed by atoms with Crippen LogP contribution in [-0.2, 0) is 13.1 Å². The summed E-state index contributed by atoms with van der Waals surface area (Å²) in [6.45, 7) is 6.45. The molecule has 2 aromatic rings. The van der Waals surface area contributed by atoms with Gasteiger partial charge in [-0.1, -0.05) is 43.5 Å². The van der Waals surface area contributed by atoms with E-state index in [1.807, 2.05) is 18.0 Å². The predicted molar refractivity (Wildman–Crippen MR) is 89.2 cm³/mol. The highest BCUT2D eigenvalue weighted by atomic mass is 35.5. The summed E-state index contributed by atoms with van der Waals surface area (Å²) in [7, 11) is 0. The van der Waals surface area contributed by atoms with Crippen LogP contribution in [0.2, 0.25) is 5.02 Å². The number of hydrogen-bond acceptors (Lipinski definition) is 2. The Morgan fingerprint density at radius 2 is 2.20 bits per heavy atom. The lowest BCUT2D eigenvalue weighted by molar-refractivity contribution is 0.534. The van der Waals surface area contributed by atoms with Gasteiger partial charge in [-0.15, -0.1) is 0 Å². The Kier molecular flexibility index (Phi) is 4.29. The third-order valence-corrected chi connectivity index (χ3v) is 4.88. The summed E-state index contributed by atoms with van der Waals surface area (Å²) >= 11 is 8.04. The summed E-state index contributed by atoms with van der Waals surface area (Å²) in [5, 5.41) is 2.97. The number of halogens is 1. The molecule has 2 nitrogen and oxygen atoms in total. The molecule has 1 fully saturated rings. The SMILES string of the molecule is CC(C)Cn1cc(CNSC2CC2)c2ccc(Cl)cc21. The highest BCUT2D eigenvalue weighted by molar-refractivity contribution is 7.98. The van der Waals surface area contributed by atoms with E-state index in [1.54, 1.807) is 0 Å². The predicted octanol–water partition coefficient (Wildman–Crippen LogP) is 4.85. The van der Waals surface area contributed by atoms with Gasteiger partial charge in [-0.2, -0.15) is 0 Å². The fourth-order valence-corrected chi connectivity index (χ4v) is 3.46. The minimum Gasteiger partial charge on any atom is -0.347 e. The Balaban J connectivity index is 1.85. The molecular weight excluding hydrogens is 288 g/mol.